The molecule has 0 amide bonds. The molecule has 0 saturated heterocycles. The van der Waals surface area contributed by atoms with Crippen LogP contribution in [0.2, 0.25) is 0 Å². The third kappa shape index (κ3) is 6.11. The van der Waals surface area contributed by atoms with E-state index in [2.05, 4.69) is 13.0 Å². The maximum Gasteiger partial charge on any atom is 0.173 e. The van der Waals surface area contributed by atoms with Gasteiger partial charge < -0.3 is 0 Å². The second-order valence-corrected chi connectivity index (χ2v) is 6.81. The average Bonchev–Trinajstić information content (AvgIpc) is 2.67. The molecule has 1 unspecified atom stereocenters. The summed E-state index contributed by atoms with van der Waals surface area (Å²) in [5.41, 5.74) is 2.76. The first-order chi connectivity index (χ1) is 12.6. The standard InChI is InChI=1S/C24H28O2/c1-3-4-7-16-23(25)22(24(26)21-14-10-6-11-15-21)18-19(2)17-20-12-8-5-9-13-20/h5-6,8-15,17,22H,3-4,7,16,18H2,1-2H3/b19-17+. The van der Waals surface area contributed by atoms with Crippen LogP contribution in [0.15, 0.2) is 66.2 Å². The highest BCUT2D eigenvalue weighted by molar-refractivity contribution is 6.10. The molecule has 136 valence electrons. The molecule has 0 radical (unpaired) electrons. The van der Waals surface area contributed by atoms with E-state index in [0.29, 0.717) is 18.4 Å². The Morgan fingerprint density at radius 2 is 1.54 bits per heavy atom. The third-order valence-electron chi connectivity index (χ3n) is 4.53. The second kappa shape index (κ2) is 10.5. The second-order valence-electron chi connectivity index (χ2n) is 6.81. The average molecular weight is 348 g/mol. The van der Waals surface area contributed by atoms with E-state index in [-0.39, 0.29) is 11.6 Å². The first kappa shape index (κ1) is 19.8. The predicted octanol–water partition coefficient (Wildman–Crippen LogP) is 6.13. The largest absolute Gasteiger partial charge is 0.299 e. The molecule has 2 heteroatoms. The Balaban J connectivity index is 2.18. The summed E-state index contributed by atoms with van der Waals surface area (Å²) in [5, 5.41) is 0. The van der Waals surface area contributed by atoms with Crippen LogP contribution in [0.1, 0.15) is 61.9 Å². The zero-order valence-electron chi connectivity index (χ0n) is 15.8. The van der Waals surface area contributed by atoms with Crippen molar-refractivity contribution in [1.29, 1.82) is 0 Å². The van der Waals surface area contributed by atoms with Gasteiger partial charge in [-0.15, -0.1) is 0 Å². The van der Waals surface area contributed by atoms with Gasteiger partial charge in [-0.05, 0) is 25.3 Å². The van der Waals surface area contributed by atoms with Crippen molar-refractivity contribution in [1.82, 2.24) is 0 Å². The highest BCUT2D eigenvalue weighted by Crippen LogP contribution is 2.22. The summed E-state index contributed by atoms with van der Waals surface area (Å²) in [4.78, 5) is 25.7. The molecule has 0 spiro atoms. The summed E-state index contributed by atoms with van der Waals surface area (Å²) in [7, 11) is 0. The maximum absolute atomic E-state index is 13.0. The van der Waals surface area contributed by atoms with Crippen molar-refractivity contribution >= 4 is 17.6 Å². The first-order valence-corrected chi connectivity index (χ1v) is 9.46. The predicted molar refractivity (Wildman–Crippen MR) is 108 cm³/mol. The lowest BCUT2D eigenvalue weighted by molar-refractivity contribution is -0.121. The molecule has 0 aliphatic carbocycles. The lowest BCUT2D eigenvalue weighted by Crippen LogP contribution is -2.24. The minimum absolute atomic E-state index is 0.0621. The quantitative estimate of drug-likeness (QED) is 0.294. The molecular weight excluding hydrogens is 320 g/mol. The normalized spacial score (nSPS) is 12.6. The van der Waals surface area contributed by atoms with Crippen molar-refractivity contribution in [3.05, 3.63) is 77.4 Å². The van der Waals surface area contributed by atoms with Gasteiger partial charge in [0.15, 0.2) is 5.78 Å². The Kier molecular flexibility index (Phi) is 8.01. The highest BCUT2D eigenvalue weighted by Gasteiger charge is 2.27. The topological polar surface area (TPSA) is 34.1 Å². The number of carbonyl (C=O) groups excluding carboxylic acids is 2. The number of carbonyl (C=O) groups is 2. The molecule has 2 aromatic rings. The van der Waals surface area contributed by atoms with Gasteiger partial charge in [-0.3, -0.25) is 9.59 Å². The number of Topliss-reactive ketones (excluding diaryl/α,β-unsaturated/α-hetero) is 2. The molecule has 0 aliphatic heterocycles. The lowest BCUT2D eigenvalue weighted by atomic mass is 9.86. The van der Waals surface area contributed by atoms with E-state index in [9.17, 15) is 9.59 Å². The Morgan fingerprint density at radius 1 is 0.923 bits per heavy atom. The molecule has 0 heterocycles. The van der Waals surface area contributed by atoms with Gasteiger partial charge >= 0.3 is 0 Å². The van der Waals surface area contributed by atoms with Crippen LogP contribution in [-0.4, -0.2) is 11.6 Å². The monoisotopic (exact) mass is 348 g/mol. The summed E-state index contributed by atoms with van der Waals surface area (Å²) in [6.45, 7) is 4.11. The van der Waals surface area contributed by atoms with E-state index in [4.69, 9.17) is 0 Å². The van der Waals surface area contributed by atoms with E-state index < -0.39 is 5.92 Å². The summed E-state index contributed by atoms with van der Waals surface area (Å²) in [6, 6.07) is 19.2. The fourth-order valence-electron chi connectivity index (χ4n) is 3.09. The summed E-state index contributed by atoms with van der Waals surface area (Å²) in [6.07, 6.45) is 5.97. The molecule has 0 aromatic heterocycles. The van der Waals surface area contributed by atoms with Gasteiger partial charge in [-0.25, -0.2) is 0 Å². The smallest absolute Gasteiger partial charge is 0.173 e. The van der Waals surface area contributed by atoms with Crippen molar-refractivity contribution in [2.45, 2.75) is 46.0 Å². The van der Waals surface area contributed by atoms with Crippen LogP contribution in [0.5, 0.6) is 0 Å². The number of unbranched alkanes of at least 4 members (excludes halogenated alkanes) is 2. The number of hydrogen-bond acceptors (Lipinski definition) is 2. The number of ketones is 2. The number of rotatable bonds is 10. The van der Waals surface area contributed by atoms with Crippen LogP contribution >= 0.6 is 0 Å². The van der Waals surface area contributed by atoms with Crippen molar-refractivity contribution in [3.8, 4) is 0 Å². The SMILES string of the molecule is CCCCCC(=O)C(C/C(C)=C/c1ccccc1)C(=O)c1ccccc1. The molecule has 0 fully saturated rings. The fourth-order valence-corrected chi connectivity index (χ4v) is 3.09. The van der Waals surface area contributed by atoms with E-state index in [1.54, 1.807) is 12.1 Å². The molecule has 0 bridgehead atoms. The Morgan fingerprint density at radius 3 is 2.15 bits per heavy atom. The van der Waals surface area contributed by atoms with Crippen LogP contribution in [0.3, 0.4) is 0 Å². The number of allylic oxidation sites excluding steroid dienone is 1. The van der Waals surface area contributed by atoms with Crippen LogP contribution < -0.4 is 0 Å². The molecule has 0 saturated carbocycles. The van der Waals surface area contributed by atoms with Crippen LogP contribution in [-0.2, 0) is 4.79 Å². The van der Waals surface area contributed by atoms with Gasteiger partial charge in [-0.2, -0.15) is 0 Å². The fraction of sp³-hybridized carbons (Fsp3) is 0.333. The zero-order valence-corrected chi connectivity index (χ0v) is 15.8. The van der Waals surface area contributed by atoms with Gasteiger partial charge in [0.05, 0.1) is 5.92 Å². The van der Waals surface area contributed by atoms with E-state index in [1.165, 1.54) is 0 Å². The van der Waals surface area contributed by atoms with Crippen molar-refractivity contribution in [2.24, 2.45) is 5.92 Å². The number of hydrogen-bond donors (Lipinski definition) is 0. The molecule has 2 nitrogen and oxygen atoms in total. The molecule has 2 aromatic carbocycles. The maximum atomic E-state index is 13.0. The van der Waals surface area contributed by atoms with Crippen LogP contribution in [0.25, 0.3) is 6.08 Å². The zero-order chi connectivity index (χ0) is 18.8. The molecule has 0 N–H and O–H groups in total. The molecule has 0 aliphatic rings. The van der Waals surface area contributed by atoms with Gasteiger partial charge in [0.25, 0.3) is 0 Å². The summed E-state index contributed by atoms with van der Waals surface area (Å²) >= 11 is 0. The Hall–Kier alpha value is -2.48. The minimum Gasteiger partial charge on any atom is -0.299 e. The van der Waals surface area contributed by atoms with Gasteiger partial charge in [-0.1, -0.05) is 92.1 Å². The first-order valence-electron chi connectivity index (χ1n) is 9.46. The lowest BCUT2D eigenvalue weighted by Gasteiger charge is -2.16. The minimum atomic E-state index is -0.589. The summed E-state index contributed by atoms with van der Waals surface area (Å²) in [5.74, 6) is -0.588. The third-order valence-corrected chi connectivity index (χ3v) is 4.53. The van der Waals surface area contributed by atoms with Crippen molar-refractivity contribution in [3.63, 3.8) is 0 Å². The molecular formula is C24H28O2. The van der Waals surface area contributed by atoms with Gasteiger partial charge in [0.1, 0.15) is 5.78 Å². The number of benzene rings is 2. The van der Waals surface area contributed by atoms with E-state index >= 15 is 0 Å². The van der Waals surface area contributed by atoms with Crippen LogP contribution in [0.4, 0.5) is 0 Å². The van der Waals surface area contributed by atoms with Gasteiger partial charge in [0.2, 0.25) is 0 Å². The summed E-state index contributed by atoms with van der Waals surface area (Å²) < 4.78 is 0. The van der Waals surface area contributed by atoms with Gasteiger partial charge in [0, 0.05) is 12.0 Å². The van der Waals surface area contributed by atoms with Crippen molar-refractivity contribution < 1.29 is 9.59 Å². The highest BCUT2D eigenvalue weighted by atomic mass is 16.1. The molecule has 26 heavy (non-hydrogen) atoms. The molecule has 2 rings (SSSR count). The van der Waals surface area contributed by atoms with Crippen molar-refractivity contribution in [2.75, 3.05) is 0 Å². The van der Waals surface area contributed by atoms with E-state index in [0.717, 1.165) is 30.4 Å². The Labute approximate surface area is 157 Å². The van der Waals surface area contributed by atoms with E-state index in [1.807, 2.05) is 55.5 Å². The molecule has 1 atom stereocenters. The van der Waals surface area contributed by atoms with Crippen LogP contribution in [0, 0.1) is 5.92 Å². The Bertz CT molecular complexity index is 729.